The fourth-order valence-corrected chi connectivity index (χ4v) is 12.9. The molecule has 2 atom stereocenters. The van der Waals surface area contributed by atoms with Crippen LogP contribution in [-0.4, -0.2) is 0 Å². The van der Waals surface area contributed by atoms with Gasteiger partial charge in [-0.15, -0.1) is 0 Å². The first-order valence-electron chi connectivity index (χ1n) is 24.7. The zero-order valence-corrected chi connectivity index (χ0v) is 38.4. The van der Waals surface area contributed by atoms with Gasteiger partial charge < -0.3 is 0 Å². The average molecular weight is 885 g/mol. The van der Waals surface area contributed by atoms with Crippen LogP contribution in [0.1, 0.15) is 22.3 Å². The third kappa shape index (κ3) is 5.71. The quantitative estimate of drug-likeness (QED) is 0.146. The Kier molecular flexibility index (Phi) is 8.59. The molecule has 0 fully saturated rings. The summed E-state index contributed by atoms with van der Waals surface area (Å²) in [5.74, 6) is 0.259. The summed E-state index contributed by atoms with van der Waals surface area (Å²) < 4.78 is 0. The summed E-state index contributed by atoms with van der Waals surface area (Å²) >= 11 is 0. The van der Waals surface area contributed by atoms with E-state index < -0.39 is 0 Å². The van der Waals surface area contributed by atoms with Gasteiger partial charge in [0.05, 0.1) is 0 Å². The van der Waals surface area contributed by atoms with Crippen LogP contribution in [0.15, 0.2) is 255 Å². The van der Waals surface area contributed by atoms with E-state index in [0.29, 0.717) is 0 Å². The fourth-order valence-electron chi connectivity index (χ4n) is 12.9. The van der Waals surface area contributed by atoms with Crippen LogP contribution in [0.2, 0.25) is 0 Å². The second kappa shape index (κ2) is 15.3. The van der Waals surface area contributed by atoms with Crippen molar-refractivity contribution in [3.8, 4) is 66.8 Å². The molecule has 15 rings (SSSR count). The van der Waals surface area contributed by atoms with Crippen molar-refractivity contribution in [1.29, 1.82) is 0 Å². The van der Waals surface area contributed by atoms with E-state index in [1.807, 2.05) is 0 Å². The largest absolute Gasteiger partial charge is 0.0622 e. The lowest BCUT2D eigenvalue weighted by molar-refractivity contribution is 0.759. The molecule has 0 heterocycles. The summed E-state index contributed by atoms with van der Waals surface area (Å²) in [5.41, 5.74) is 26.3. The molecule has 0 saturated heterocycles. The maximum atomic E-state index is 2.53. The zero-order chi connectivity index (χ0) is 45.9. The molecular weight excluding hydrogens is 841 g/mol. The fraction of sp³-hybridized carbons (Fsp3) is 0.0286. The Bertz CT molecular complexity index is 4130. The van der Waals surface area contributed by atoms with E-state index in [2.05, 4.69) is 255 Å². The van der Waals surface area contributed by atoms with Crippen molar-refractivity contribution in [3.63, 3.8) is 0 Å². The van der Waals surface area contributed by atoms with E-state index in [1.54, 1.807) is 0 Å². The van der Waals surface area contributed by atoms with Crippen LogP contribution in [0.4, 0.5) is 0 Å². The smallest absolute Gasteiger partial charge is 0.0212 e. The Morgan fingerprint density at radius 2 is 0.471 bits per heavy atom. The molecule has 11 aromatic rings. The highest BCUT2D eigenvalue weighted by Crippen LogP contribution is 2.68. The Hall–Kier alpha value is -8.84. The predicted molar refractivity (Wildman–Crippen MR) is 297 cm³/mol. The van der Waals surface area contributed by atoms with Crippen molar-refractivity contribution >= 4 is 54.6 Å². The second-order valence-electron chi connectivity index (χ2n) is 19.4. The standard InChI is InChI=1S/C70H44/c1-5-19-43(20-6-1)47-29-17-31-51(39-47)63-54-34-16-15-33-53(54)61(45-23-9-3-10-24-45)67-55-35-36-56-66-58(38-37-57(65(55)66)69(63)67)70-64(52-32-18-30-48(40-52)44-21-7-2-8-22-44)60-42-50-28-14-13-27-49(50)41-59(60)62(68(56)70)46-25-11-4-12-26-46/h1-42,65-66H. The molecule has 0 heteroatoms. The molecule has 4 aliphatic rings. The average Bonchev–Trinajstić information content (AvgIpc) is 3.94. The highest BCUT2D eigenvalue weighted by atomic mass is 14.5. The lowest BCUT2D eigenvalue weighted by Crippen LogP contribution is -2.18. The molecule has 0 bridgehead atoms. The van der Waals surface area contributed by atoms with Crippen LogP contribution in [0.5, 0.6) is 0 Å². The first-order valence-corrected chi connectivity index (χ1v) is 24.7. The van der Waals surface area contributed by atoms with Gasteiger partial charge in [0, 0.05) is 11.8 Å². The predicted octanol–water partition coefficient (Wildman–Crippen LogP) is 18.7. The number of allylic oxidation sites excluding steroid dienone is 8. The minimum absolute atomic E-state index is 0.127. The highest BCUT2D eigenvalue weighted by molar-refractivity contribution is 6.25. The summed E-state index contributed by atoms with van der Waals surface area (Å²) in [5, 5.41) is 7.66. The first kappa shape index (κ1) is 39.2. The zero-order valence-electron chi connectivity index (χ0n) is 38.4. The molecule has 2 unspecified atom stereocenters. The van der Waals surface area contributed by atoms with Crippen molar-refractivity contribution < 1.29 is 0 Å². The van der Waals surface area contributed by atoms with E-state index >= 15 is 0 Å². The molecule has 4 aliphatic carbocycles. The van der Waals surface area contributed by atoms with Gasteiger partial charge in [-0.05, 0) is 168 Å². The Balaban J connectivity index is 1.06. The number of hydrogen-bond donors (Lipinski definition) is 0. The normalized spacial score (nSPS) is 16.1. The van der Waals surface area contributed by atoms with Gasteiger partial charge in [-0.2, -0.15) is 0 Å². The van der Waals surface area contributed by atoms with Crippen molar-refractivity contribution in [3.05, 3.63) is 277 Å². The molecular formula is C70H44. The maximum absolute atomic E-state index is 2.53. The Labute approximate surface area is 408 Å². The molecule has 324 valence electrons. The molecule has 0 N–H and O–H groups in total. The molecule has 0 aliphatic heterocycles. The highest BCUT2D eigenvalue weighted by Gasteiger charge is 2.51. The third-order valence-electron chi connectivity index (χ3n) is 15.7. The van der Waals surface area contributed by atoms with E-state index in [-0.39, 0.29) is 11.8 Å². The van der Waals surface area contributed by atoms with Gasteiger partial charge in [-0.1, -0.05) is 231 Å². The second-order valence-corrected chi connectivity index (χ2v) is 19.4. The Morgan fingerprint density at radius 1 is 0.186 bits per heavy atom. The summed E-state index contributed by atoms with van der Waals surface area (Å²) in [7, 11) is 0. The lowest BCUT2D eigenvalue weighted by atomic mass is 9.71. The molecule has 70 heavy (non-hydrogen) atoms. The minimum atomic E-state index is 0.127. The number of rotatable bonds is 6. The van der Waals surface area contributed by atoms with Crippen LogP contribution in [0.3, 0.4) is 0 Å². The monoisotopic (exact) mass is 884 g/mol. The van der Waals surface area contributed by atoms with Crippen molar-refractivity contribution in [2.24, 2.45) is 11.8 Å². The molecule has 0 spiro atoms. The van der Waals surface area contributed by atoms with Gasteiger partial charge in [0.1, 0.15) is 0 Å². The van der Waals surface area contributed by atoms with Crippen LogP contribution < -0.4 is 0 Å². The van der Waals surface area contributed by atoms with E-state index in [0.717, 1.165) is 0 Å². The van der Waals surface area contributed by atoms with Crippen LogP contribution in [0.25, 0.3) is 121 Å². The van der Waals surface area contributed by atoms with Crippen LogP contribution >= 0.6 is 0 Å². The van der Waals surface area contributed by atoms with E-state index in [4.69, 9.17) is 0 Å². The molecule has 0 saturated carbocycles. The van der Waals surface area contributed by atoms with Gasteiger partial charge >= 0.3 is 0 Å². The van der Waals surface area contributed by atoms with Crippen molar-refractivity contribution in [2.45, 2.75) is 0 Å². The van der Waals surface area contributed by atoms with Crippen LogP contribution in [-0.2, 0) is 0 Å². The molecule has 11 aromatic carbocycles. The summed E-state index contributed by atoms with van der Waals surface area (Å²) in [4.78, 5) is 0. The van der Waals surface area contributed by atoms with Gasteiger partial charge in [0.25, 0.3) is 0 Å². The minimum Gasteiger partial charge on any atom is -0.0622 e. The number of hydrogen-bond acceptors (Lipinski definition) is 0. The van der Waals surface area contributed by atoms with E-state index in [1.165, 1.54) is 144 Å². The van der Waals surface area contributed by atoms with Gasteiger partial charge in [0.15, 0.2) is 0 Å². The molecule has 0 aromatic heterocycles. The van der Waals surface area contributed by atoms with E-state index in [9.17, 15) is 0 Å². The summed E-state index contributed by atoms with van der Waals surface area (Å²) in [6.07, 6.45) is 10.1. The third-order valence-corrected chi connectivity index (χ3v) is 15.7. The molecule has 0 radical (unpaired) electrons. The van der Waals surface area contributed by atoms with Crippen molar-refractivity contribution in [1.82, 2.24) is 0 Å². The lowest BCUT2D eigenvalue weighted by Gasteiger charge is -2.31. The summed E-state index contributed by atoms with van der Waals surface area (Å²) in [6, 6.07) is 85.6. The van der Waals surface area contributed by atoms with Gasteiger partial charge in [-0.25, -0.2) is 0 Å². The SMILES string of the molecule is C1=C2c3c(c(-c4cccc(-c5ccccc5)c4)c4ccccc4c3-c3ccccc3)C3=CC=C4c5c(c(-c6ccccc6)c6cc7ccccc7cc6c5-c5cccc(-c6ccccc6)c5)C(=C1)C4C23. The number of fused-ring (bicyclic) bond motifs is 9. The first-order chi connectivity index (χ1) is 34.8. The maximum Gasteiger partial charge on any atom is 0.0212 e. The topological polar surface area (TPSA) is 0 Å². The molecule has 0 amide bonds. The van der Waals surface area contributed by atoms with Gasteiger partial charge in [-0.3, -0.25) is 0 Å². The Morgan fingerprint density at radius 3 is 0.871 bits per heavy atom. The number of benzene rings is 11. The van der Waals surface area contributed by atoms with Crippen molar-refractivity contribution in [2.75, 3.05) is 0 Å². The molecule has 0 nitrogen and oxygen atoms in total. The summed E-state index contributed by atoms with van der Waals surface area (Å²) in [6.45, 7) is 0. The van der Waals surface area contributed by atoms with Crippen LogP contribution in [0, 0.1) is 11.8 Å². The van der Waals surface area contributed by atoms with Gasteiger partial charge in [0.2, 0.25) is 0 Å².